The van der Waals surface area contributed by atoms with Gasteiger partial charge >= 0.3 is 0 Å². The lowest BCUT2D eigenvalue weighted by molar-refractivity contribution is -0.116. The first-order valence-electron chi connectivity index (χ1n) is 7.40. The second-order valence-corrected chi connectivity index (χ2v) is 8.23. The van der Waals surface area contributed by atoms with Crippen LogP contribution < -0.4 is 10.6 Å². The Labute approximate surface area is 154 Å². The summed E-state index contributed by atoms with van der Waals surface area (Å²) in [7, 11) is -3.51. The van der Waals surface area contributed by atoms with Crippen molar-refractivity contribution >= 4 is 43.3 Å². The molecule has 25 heavy (non-hydrogen) atoms. The van der Waals surface area contributed by atoms with E-state index in [1.807, 2.05) is 0 Å². The van der Waals surface area contributed by atoms with Gasteiger partial charge < -0.3 is 10.6 Å². The molecule has 0 aromatic heterocycles. The van der Waals surface area contributed by atoms with E-state index in [1.54, 1.807) is 36.4 Å². The monoisotopic (exact) mass is 424 g/mol. The zero-order valence-electron chi connectivity index (χ0n) is 13.5. The number of benzene rings is 2. The third kappa shape index (κ3) is 5.68. The first-order valence-corrected chi connectivity index (χ1v) is 10.1. The summed E-state index contributed by atoms with van der Waals surface area (Å²) in [6.07, 6.45) is 1.12. The lowest BCUT2D eigenvalue weighted by Crippen LogP contribution is -2.28. The first kappa shape index (κ1) is 19.1. The second kappa shape index (κ2) is 8.26. The van der Waals surface area contributed by atoms with E-state index in [0.717, 1.165) is 10.7 Å². The van der Waals surface area contributed by atoms with E-state index in [-0.39, 0.29) is 29.3 Å². The highest BCUT2D eigenvalue weighted by Gasteiger charge is 2.17. The number of hydrogen-bond donors (Lipinski definition) is 2. The summed E-state index contributed by atoms with van der Waals surface area (Å²) in [6, 6.07) is 13.1. The predicted octanol–water partition coefficient (Wildman–Crippen LogP) is 2.61. The van der Waals surface area contributed by atoms with Crippen LogP contribution in [0.3, 0.4) is 0 Å². The van der Waals surface area contributed by atoms with Crippen LogP contribution in [0.25, 0.3) is 0 Å². The fraction of sp³-hybridized carbons (Fsp3) is 0.176. The van der Waals surface area contributed by atoms with Gasteiger partial charge in [0, 0.05) is 29.4 Å². The van der Waals surface area contributed by atoms with Crippen LogP contribution in [0, 0.1) is 0 Å². The molecule has 0 bridgehead atoms. The molecule has 0 aliphatic heterocycles. The van der Waals surface area contributed by atoms with Crippen LogP contribution >= 0.6 is 15.9 Å². The van der Waals surface area contributed by atoms with Crippen molar-refractivity contribution < 1.29 is 18.0 Å². The molecule has 0 atom stereocenters. The Morgan fingerprint density at radius 3 is 2.32 bits per heavy atom. The molecule has 0 aliphatic rings. The van der Waals surface area contributed by atoms with Crippen molar-refractivity contribution in [1.82, 2.24) is 5.32 Å². The van der Waals surface area contributed by atoms with Crippen molar-refractivity contribution in [2.24, 2.45) is 0 Å². The molecule has 0 saturated carbocycles. The lowest BCUT2D eigenvalue weighted by Gasteiger charge is -2.09. The molecule has 0 fully saturated rings. The SMILES string of the molecule is CS(=O)(=O)c1ccccc1C(=O)NCCC(=O)Nc1ccc(Br)cc1. The molecular formula is C17H17BrN2O4S. The van der Waals surface area contributed by atoms with Crippen molar-refractivity contribution in [2.75, 3.05) is 18.1 Å². The molecule has 0 radical (unpaired) electrons. The number of rotatable bonds is 6. The van der Waals surface area contributed by atoms with Crippen molar-refractivity contribution in [3.63, 3.8) is 0 Å². The summed E-state index contributed by atoms with van der Waals surface area (Å²) < 4.78 is 24.3. The van der Waals surface area contributed by atoms with E-state index in [0.29, 0.717) is 5.69 Å². The number of nitrogens with one attached hydrogen (secondary N) is 2. The minimum absolute atomic E-state index is 0.0354. The van der Waals surface area contributed by atoms with Crippen molar-refractivity contribution in [1.29, 1.82) is 0 Å². The molecule has 0 heterocycles. The molecule has 6 nitrogen and oxygen atoms in total. The van der Waals surface area contributed by atoms with Gasteiger partial charge in [0.25, 0.3) is 5.91 Å². The zero-order chi connectivity index (χ0) is 18.4. The molecular weight excluding hydrogens is 408 g/mol. The number of carbonyl (C=O) groups is 2. The number of halogens is 1. The Bertz CT molecular complexity index is 880. The van der Waals surface area contributed by atoms with E-state index in [1.165, 1.54) is 12.1 Å². The molecule has 0 saturated heterocycles. The Balaban J connectivity index is 1.91. The number of amides is 2. The molecule has 0 unspecified atom stereocenters. The Kier molecular flexibility index (Phi) is 6.33. The smallest absolute Gasteiger partial charge is 0.252 e. The lowest BCUT2D eigenvalue weighted by atomic mass is 10.2. The molecule has 2 amide bonds. The molecule has 2 N–H and O–H groups in total. The van der Waals surface area contributed by atoms with E-state index >= 15 is 0 Å². The highest BCUT2D eigenvalue weighted by Crippen LogP contribution is 2.15. The van der Waals surface area contributed by atoms with Gasteiger partial charge in [-0.05, 0) is 36.4 Å². The zero-order valence-corrected chi connectivity index (χ0v) is 15.9. The van der Waals surface area contributed by atoms with Gasteiger partial charge in [-0.3, -0.25) is 9.59 Å². The molecule has 2 aromatic carbocycles. The van der Waals surface area contributed by atoms with Crippen LogP contribution in [0.5, 0.6) is 0 Å². The van der Waals surface area contributed by atoms with Gasteiger partial charge in [-0.2, -0.15) is 0 Å². The van der Waals surface area contributed by atoms with Gasteiger partial charge in [0.05, 0.1) is 10.5 Å². The largest absolute Gasteiger partial charge is 0.351 e. The summed E-state index contributed by atoms with van der Waals surface area (Å²) in [5.74, 6) is -0.781. The number of hydrogen-bond acceptors (Lipinski definition) is 4. The molecule has 2 aromatic rings. The Morgan fingerprint density at radius 2 is 1.68 bits per heavy atom. The summed E-state index contributed by atoms with van der Waals surface area (Å²) >= 11 is 3.31. The number of carbonyl (C=O) groups excluding carboxylic acids is 2. The fourth-order valence-corrected chi connectivity index (χ4v) is 3.27. The minimum atomic E-state index is -3.51. The van der Waals surface area contributed by atoms with Crippen LogP contribution in [-0.4, -0.2) is 33.0 Å². The number of sulfone groups is 1. The van der Waals surface area contributed by atoms with Gasteiger partial charge in [0.2, 0.25) is 5.91 Å². The molecule has 8 heteroatoms. The van der Waals surface area contributed by atoms with Gasteiger partial charge in [0.1, 0.15) is 0 Å². The first-order chi connectivity index (χ1) is 11.8. The van der Waals surface area contributed by atoms with Crippen LogP contribution in [0.15, 0.2) is 57.9 Å². The topological polar surface area (TPSA) is 92.3 Å². The van der Waals surface area contributed by atoms with Crippen LogP contribution in [-0.2, 0) is 14.6 Å². The maximum atomic E-state index is 12.2. The van der Waals surface area contributed by atoms with Crippen molar-refractivity contribution in [2.45, 2.75) is 11.3 Å². The van der Waals surface area contributed by atoms with Crippen LogP contribution in [0.2, 0.25) is 0 Å². The van der Waals surface area contributed by atoms with Gasteiger partial charge in [-0.15, -0.1) is 0 Å². The average Bonchev–Trinajstić information content (AvgIpc) is 2.56. The highest BCUT2D eigenvalue weighted by molar-refractivity contribution is 9.10. The van der Waals surface area contributed by atoms with Crippen molar-refractivity contribution in [3.05, 3.63) is 58.6 Å². The van der Waals surface area contributed by atoms with Gasteiger partial charge in [-0.25, -0.2) is 8.42 Å². The minimum Gasteiger partial charge on any atom is -0.351 e. The normalized spacial score (nSPS) is 11.0. The van der Waals surface area contributed by atoms with Gasteiger partial charge in [-0.1, -0.05) is 28.1 Å². The Morgan fingerprint density at radius 1 is 1.04 bits per heavy atom. The van der Waals surface area contributed by atoms with E-state index < -0.39 is 15.7 Å². The summed E-state index contributed by atoms with van der Waals surface area (Å²) in [6.45, 7) is 0.0965. The Hall–Kier alpha value is -2.19. The molecule has 0 aliphatic carbocycles. The quantitative estimate of drug-likeness (QED) is 0.745. The van der Waals surface area contributed by atoms with Crippen LogP contribution in [0.1, 0.15) is 16.8 Å². The molecule has 132 valence electrons. The van der Waals surface area contributed by atoms with E-state index in [4.69, 9.17) is 0 Å². The number of anilines is 1. The third-order valence-electron chi connectivity index (χ3n) is 3.30. The highest BCUT2D eigenvalue weighted by atomic mass is 79.9. The average molecular weight is 425 g/mol. The molecule has 2 rings (SSSR count). The summed E-state index contributed by atoms with van der Waals surface area (Å²) in [4.78, 5) is 24.0. The standard InChI is InChI=1S/C17H17BrN2O4S/c1-25(23,24)15-5-3-2-4-14(15)17(22)19-11-10-16(21)20-13-8-6-12(18)7-9-13/h2-9H,10-11H2,1H3,(H,19,22)(H,20,21). The van der Waals surface area contributed by atoms with Crippen LogP contribution in [0.4, 0.5) is 5.69 Å². The van der Waals surface area contributed by atoms with Gasteiger partial charge in [0.15, 0.2) is 9.84 Å². The van der Waals surface area contributed by atoms with E-state index in [2.05, 4.69) is 26.6 Å². The summed E-state index contributed by atoms with van der Waals surface area (Å²) in [5, 5.41) is 5.28. The summed E-state index contributed by atoms with van der Waals surface area (Å²) in [5.41, 5.74) is 0.722. The van der Waals surface area contributed by atoms with E-state index in [9.17, 15) is 18.0 Å². The molecule has 0 spiro atoms. The second-order valence-electron chi connectivity index (χ2n) is 5.33. The fourth-order valence-electron chi connectivity index (χ4n) is 2.12. The third-order valence-corrected chi connectivity index (χ3v) is 4.98. The van der Waals surface area contributed by atoms with Crippen molar-refractivity contribution in [3.8, 4) is 0 Å². The maximum Gasteiger partial charge on any atom is 0.252 e. The maximum absolute atomic E-state index is 12.2. The predicted molar refractivity (Wildman–Crippen MR) is 99.3 cm³/mol.